The Morgan fingerprint density at radius 3 is 1.68 bits per heavy atom. The van der Waals surface area contributed by atoms with Gasteiger partial charge in [-0.25, -0.2) is 0 Å². The van der Waals surface area contributed by atoms with Crippen molar-refractivity contribution in [3.63, 3.8) is 0 Å². The van der Waals surface area contributed by atoms with Crippen LogP contribution in [0.1, 0.15) is 81.6 Å². The lowest BCUT2D eigenvalue weighted by molar-refractivity contribution is -0.150. The van der Waals surface area contributed by atoms with Crippen LogP contribution in [0.4, 0.5) is 0 Å². The smallest absolute Gasteiger partial charge is 0.233 e. The lowest BCUT2D eigenvalue weighted by atomic mass is 9.50. The molecule has 0 bridgehead atoms. The Kier molecular flexibility index (Phi) is 11.2. The van der Waals surface area contributed by atoms with Crippen LogP contribution in [0.3, 0.4) is 0 Å². The first-order chi connectivity index (χ1) is 14.0. The number of hydrogen-bond acceptors (Lipinski definition) is 4. The molecule has 0 saturated carbocycles. The molecule has 0 aromatic heterocycles. The van der Waals surface area contributed by atoms with Crippen molar-refractivity contribution in [2.45, 2.75) is 81.6 Å². The van der Waals surface area contributed by atoms with Gasteiger partial charge >= 0.3 is 0 Å². The minimum Gasteiger partial charge on any atom is -0.369 e. The van der Waals surface area contributed by atoms with Crippen LogP contribution < -0.4 is 22.1 Å². The van der Waals surface area contributed by atoms with Gasteiger partial charge in [0, 0.05) is 24.9 Å². The van der Waals surface area contributed by atoms with E-state index in [4.69, 9.17) is 11.5 Å². The molecule has 0 radical (unpaired) electrons. The summed E-state index contributed by atoms with van der Waals surface area (Å²) in [6.07, 6.45) is 2.58. The van der Waals surface area contributed by atoms with Gasteiger partial charge in [0.05, 0.1) is 6.54 Å². The third kappa shape index (κ3) is 8.09. The summed E-state index contributed by atoms with van der Waals surface area (Å²) in [4.78, 5) is 36.8. The minimum atomic E-state index is -0.483. The van der Waals surface area contributed by atoms with E-state index in [1.807, 2.05) is 13.8 Å². The second kappa shape index (κ2) is 11.8. The second-order valence-corrected chi connectivity index (χ2v) is 11.3. The zero-order valence-corrected chi connectivity index (χ0v) is 21.4. The maximum absolute atomic E-state index is 13.4. The van der Waals surface area contributed by atoms with Crippen LogP contribution in [-0.2, 0) is 14.4 Å². The van der Waals surface area contributed by atoms with E-state index in [-0.39, 0.29) is 47.4 Å². The number of nitrogens with one attached hydrogen (secondary N) is 2. The standard InChI is InChI=1S/C24H48N4O3/c1-16(2)18(20(26)30)23(6,7)24(8,9)19(22(3,4)5)21(31)28-14-12-10-11-13-27-17(29)15-25/h16,18-19H,10-15,25H2,1-9H3,(H2,26,30)(H,27,29)(H,28,31). The molecule has 3 amide bonds. The van der Waals surface area contributed by atoms with Gasteiger partial charge < -0.3 is 22.1 Å². The van der Waals surface area contributed by atoms with E-state index >= 15 is 0 Å². The number of hydrogen-bond donors (Lipinski definition) is 4. The van der Waals surface area contributed by atoms with Gasteiger partial charge in [-0.05, 0) is 41.4 Å². The number of nitrogens with two attached hydrogens (primary N) is 2. The Hall–Kier alpha value is -1.63. The summed E-state index contributed by atoms with van der Waals surface area (Å²) in [5, 5.41) is 5.86. The van der Waals surface area contributed by atoms with Crippen LogP contribution in [0.5, 0.6) is 0 Å². The van der Waals surface area contributed by atoms with E-state index < -0.39 is 10.8 Å². The van der Waals surface area contributed by atoms with Crippen LogP contribution in [0.2, 0.25) is 0 Å². The first-order valence-corrected chi connectivity index (χ1v) is 11.6. The minimum absolute atomic E-state index is 0.00377. The maximum Gasteiger partial charge on any atom is 0.233 e. The van der Waals surface area contributed by atoms with Crippen molar-refractivity contribution >= 4 is 17.7 Å². The summed E-state index contributed by atoms with van der Waals surface area (Å²) in [6, 6.07) is 0. The molecule has 7 heteroatoms. The monoisotopic (exact) mass is 440 g/mol. The van der Waals surface area contributed by atoms with Gasteiger partial charge in [0.2, 0.25) is 17.7 Å². The Bertz CT molecular complexity index is 606. The quantitative estimate of drug-likeness (QED) is 0.328. The largest absolute Gasteiger partial charge is 0.369 e. The molecule has 0 rings (SSSR count). The first kappa shape index (κ1) is 29.4. The van der Waals surface area contributed by atoms with Gasteiger partial charge in [-0.3, -0.25) is 14.4 Å². The van der Waals surface area contributed by atoms with E-state index in [1.54, 1.807) is 0 Å². The van der Waals surface area contributed by atoms with Crippen molar-refractivity contribution in [1.29, 1.82) is 0 Å². The highest BCUT2D eigenvalue weighted by Crippen LogP contribution is 2.55. The molecule has 0 heterocycles. The maximum atomic E-state index is 13.4. The Morgan fingerprint density at radius 1 is 0.806 bits per heavy atom. The van der Waals surface area contributed by atoms with Crippen molar-refractivity contribution in [2.24, 2.45) is 45.5 Å². The molecule has 2 atom stereocenters. The van der Waals surface area contributed by atoms with E-state index in [0.717, 1.165) is 19.3 Å². The van der Waals surface area contributed by atoms with Gasteiger partial charge in [-0.15, -0.1) is 0 Å². The van der Waals surface area contributed by atoms with Crippen molar-refractivity contribution < 1.29 is 14.4 Å². The average molecular weight is 441 g/mol. The van der Waals surface area contributed by atoms with Crippen LogP contribution in [-0.4, -0.2) is 37.4 Å². The normalized spacial score (nSPS) is 14.8. The molecule has 0 aromatic rings. The first-order valence-electron chi connectivity index (χ1n) is 11.6. The Morgan fingerprint density at radius 2 is 1.29 bits per heavy atom. The van der Waals surface area contributed by atoms with Crippen molar-refractivity contribution in [2.75, 3.05) is 19.6 Å². The van der Waals surface area contributed by atoms with Gasteiger partial charge in [0.15, 0.2) is 0 Å². The lowest BCUT2D eigenvalue weighted by Gasteiger charge is -2.54. The van der Waals surface area contributed by atoms with Crippen LogP contribution in [0, 0.1) is 34.0 Å². The van der Waals surface area contributed by atoms with Crippen LogP contribution >= 0.6 is 0 Å². The molecular formula is C24H48N4O3. The summed E-state index contributed by atoms with van der Waals surface area (Å²) in [6.45, 7) is 19.7. The molecule has 7 nitrogen and oxygen atoms in total. The molecule has 2 unspecified atom stereocenters. The highest BCUT2D eigenvalue weighted by molar-refractivity contribution is 5.81. The van der Waals surface area contributed by atoms with Crippen LogP contribution in [0.15, 0.2) is 0 Å². The van der Waals surface area contributed by atoms with E-state index in [2.05, 4.69) is 59.1 Å². The van der Waals surface area contributed by atoms with Crippen LogP contribution in [0.25, 0.3) is 0 Å². The van der Waals surface area contributed by atoms with Crippen molar-refractivity contribution in [3.05, 3.63) is 0 Å². The highest BCUT2D eigenvalue weighted by Gasteiger charge is 2.55. The number of primary amides is 1. The third-order valence-electron chi connectivity index (χ3n) is 6.92. The fraction of sp³-hybridized carbons (Fsp3) is 0.875. The topological polar surface area (TPSA) is 127 Å². The van der Waals surface area contributed by atoms with Gasteiger partial charge in [-0.2, -0.15) is 0 Å². The number of unbranched alkanes of at least 4 members (excludes halogenated alkanes) is 2. The third-order valence-corrected chi connectivity index (χ3v) is 6.92. The predicted molar refractivity (Wildman–Crippen MR) is 127 cm³/mol. The van der Waals surface area contributed by atoms with E-state index in [0.29, 0.717) is 13.1 Å². The summed E-state index contributed by atoms with van der Waals surface area (Å²) < 4.78 is 0. The van der Waals surface area contributed by atoms with Crippen molar-refractivity contribution in [1.82, 2.24) is 10.6 Å². The van der Waals surface area contributed by atoms with Gasteiger partial charge in [-0.1, -0.05) is 62.3 Å². The molecule has 0 saturated heterocycles. The molecule has 0 aliphatic heterocycles. The lowest BCUT2D eigenvalue weighted by Crippen LogP contribution is -2.56. The van der Waals surface area contributed by atoms with E-state index in [1.165, 1.54) is 0 Å². The summed E-state index contributed by atoms with van der Waals surface area (Å²) in [7, 11) is 0. The fourth-order valence-corrected chi connectivity index (χ4v) is 5.13. The average Bonchev–Trinajstić information content (AvgIpc) is 2.57. The molecule has 182 valence electrons. The second-order valence-electron chi connectivity index (χ2n) is 11.3. The molecular weight excluding hydrogens is 392 g/mol. The summed E-state index contributed by atoms with van der Waals surface area (Å²) in [5.41, 5.74) is 9.80. The highest BCUT2D eigenvalue weighted by atomic mass is 16.2. The molecule has 0 spiro atoms. The molecule has 0 aromatic carbocycles. The zero-order valence-electron chi connectivity index (χ0n) is 21.4. The SMILES string of the molecule is CC(C)C(C(N)=O)C(C)(C)C(C)(C)C(C(=O)NCCCCCNC(=O)CN)C(C)(C)C. The molecule has 6 N–H and O–H groups in total. The van der Waals surface area contributed by atoms with Gasteiger partial charge in [0.25, 0.3) is 0 Å². The number of rotatable bonds is 13. The molecule has 0 fully saturated rings. The number of amides is 3. The Balaban J connectivity index is 5.27. The summed E-state index contributed by atoms with van der Waals surface area (Å²) in [5.74, 6) is -1.03. The number of carbonyl (C=O) groups is 3. The molecule has 0 aliphatic rings. The fourth-order valence-electron chi connectivity index (χ4n) is 5.13. The zero-order chi connectivity index (χ0) is 24.6. The number of carbonyl (C=O) groups excluding carboxylic acids is 3. The molecule has 0 aliphatic carbocycles. The predicted octanol–water partition coefficient (Wildman–Crippen LogP) is 2.82. The van der Waals surface area contributed by atoms with E-state index in [9.17, 15) is 14.4 Å². The summed E-state index contributed by atoms with van der Waals surface area (Å²) >= 11 is 0. The Labute approximate surface area is 189 Å². The molecule has 31 heavy (non-hydrogen) atoms. The van der Waals surface area contributed by atoms with Gasteiger partial charge in [0.1, 0.15) is 0 Å². The van der Waals surface area contributed by atoms with Crippen molar-refractivity contribution in [3.8, 4) is 0 Å².